The molecule has 0 radical (unpaired) electrons. The highest BCUT2D eigenvalue weighted by atomic mass is 16.5. The molecule has 0 aliphatic carbocycles. The van der Waals surface area contributed by atoms with Gasteiger partial charge in [-0.15, -0.1) is 0 Å². The lowest BCUT2D eigenvalue weighted by molar-refractivity contribution is 0.118. The number of likely N-dealkylation sites (N-methyl/N-ethyl adjacent to an activating group) is 1. The maximum absolute atomic E-state index is 5.62. The summed E-state index contributed by atoms with van der Waals surface area (Å²) < 4.78 is 11.2. The molecule has 0 amide bonds. The van der Waals surface area contributed by atoms with Gasteiger partial charge < -0.3 is 19.7 Å². The smallest absolute Gasteiger partial charge is 0.323 e. The van der Waals surface area contributed by atoms with E-state index in [1.165, 1.54) is 0 Å². The molecule has 2 unspecified atom stereocenters. The van der Waals surface area contributed by atoms with Crippen LogP contribution in [-0.2, 0) is 4.74 Å². The molecule has 7 nitrogen and oxygen atoms in total. The summed E-state index contributed by atoms with van der Waals surface area (Å²) >= 11 is 0. The van der Waals surface area contributed by atoms with E-state index in [0.29, 0.717) is 24.5 Å². The van der Waals surface area contributed by atoms with Gasteiger partial charge in [0, 0.05) is 20.2 Å². The van der Waals surface area contributed by atoms with E-state index in [4.69, 9.17) is 9.47 Å². The molecule has 7 heteroatoms. The van der Waals surface area contributed by atoms with Gasteiger partial charge in [0.15, 0.2) is 0 Å². The van der Waals surface area contributed by atoms with E-state index in [0.717, 1.165) is 26.0 Å². The lowest BCUT2D eigenvalue weighted by Gasteiger charge is -2.27. The van der Waals surface area contributed by atoms with Gasteiger partial charge in [-0.25, -0.2) is 0 Å². The van der Waals surface area contributed by atoms with Crippen molar-refractivity contribution in [2.75, 3.05) is 37.0 Å². The van der Waals surface area contributed by atoms with Crippen LogP contribution >= 0.6 is 0 Å². The average Bonchev–Trinajstić information content (AvgIpc) is 2.90. The normalized spacial score (nSPS) is 21.3. The van der Waals surface area contributed by atoms with E-state index < -0.39 is 0 Å². The molecule has 1 N–H and O–H groups in total. The Morgan fingerprint density at radius 1 is 1.33 bits per heavy atom. The van der Waals surface area contributed by atoms with Gasteiger partial charge in [0.05, 0.1) is 18.8 Å². The Kier molecular flexibility index (Phi) is 5.55. The van der Waals surface area contributed by atoms with Crippen molar-refractivity contribution in [2.45, 2.75) is 45.8 Å². The van der Waals surface area contributed by atoms with Crippen LogP contribution < -0.4 is 15.0 Å². The first-order chi connectivity index (χ1) is 10.2. The molecule has 2 atom stereocenters. The molecular formula is C14H25N5O2. The van der Waals surface area contributed by atoms with Gasteiger partial charge in [-0.1, -0.05) is 6.92 Å². The number of hydrogen-bond donors (Lipinski definition) is 1. The Balaban J connectivity index is 2.21. The Hall–Kier alpha value is -1.63. The summed E-state index contributed by atoms with van der Waals surface area (Å²) in [5, 5.41) is 3.12. The first-order valence-electron chi connectivity index (χ1n) is 7.62. The fraction of sp³-hybridized carbons (Fsp3) is 0.786. The summed E-state index contributed by atoms with van der Waals surface area (Å²) in [4.78, 5) is 15.2. The topological polar surface area (TPSA) is 72.4 Å². The third-order valence-electron chi connectivity index (χ3n) is 3.52. The quantitative estimate of drug-likeness (QED) is 0.821. The maximum Gasteiger partial charge on any atom is 0.323 e. The van der Waals surface area contributed by atoms with E-state index in [2.05, 4.69) is 39.0 Å². The van der Waals surface area contributed by atoms with Crippen LogP contribution in [0.1, 0.15) is 33.6 Å². The summed E-state index contributed by atoms with van der Waals surface area (Å²) in [6.45, 7) is 8.27. The SMILES string of the molecule is CCCOc1nc(NCC)nc(N(C)C2CCOC2C)n1. The second-order valence-corrected chi connectivity index (χ2v) is 5.16. The molecule has 1 aliphatic rings. The van der Waals surface area contributed by atoms with Crippen molar-refractivity contribution >= 4 is 11.9 Å². The Bertz CT molecular complexity index is 457. The minimum atomic E-state index is 0.175. The van der Waals surface area contributed by atoms with E-state index in [1.54, 1.807) is 0 Å². The number of nitrogens with zero attached hydrogens (tertiary/aromatic N) is 4. The van der Waals surface area contributed by atoms with Gasteiger partial charge in [-0.2, -0.15) is 15.0 Å². The lowest BCUT2D eigenvalue weighted by atomic mass is 10.1. The summed E-state index contributed by atoms with van der Waals surface area (Å²) in [5.74, 6) is 1.17. The van der Waals surface area contributed by atoms with Crippen molar-refractivity contribution in [3.63, 3.8) is 0 Å². The van der Waals surface area contributed by atoms with Gasteiger partial charge in [0.25, 0.3) is 0 Å². The van der Waals surface area contributed by atoms with Crippen LogP contribution in [0.25, 0.3) is 0 Å². The lowest BCUT2D eigenvalue weighted by Crippen LogP contribution is -2.38. The van der Waals surface area contributed by atoms with Gasteiger partial charge >= 0.3 is 6.01 Å². The van der Waals surface area contributed by atoms with E-state index in [-0.39, 0.29) is 12.1 Å². The number of ether oxygens (including phenoxy) is 2. The zero-order valence-electron chi connectivity index (χ0n) is 13.3. The molecule has 21 heavy (non-hydrogen) atoms. The van der Waals surface area contributed by atoms with Crippen molar-refractivity contribution < 1.29 is 9.47 Å². The third-order valence-corrected chi connectivity index (χ3v) is 3.52. The van der Waals surface area contributed by atoms with E-state index in [9.17, 15) is 0 Å². The number of anilines is 2. The number of nitrogens with one attached hydrogen (secondary N) is 1. The molecule has 0 saturated carbocycles. The molecule has 1 aromatic heterocycles. The van der Waals surface area contributed by atoms with Crippen LogP contribution in [0.15, 0.2) is 0 Å². The van der Waals surface area contributed by atoms with Crippen LogP contribution in [0.4, 0.5) is 11.9 Å². The molecule has 118 valence electrons. The van der Waals surface area contributed by atoms with Crippen molar-refractivity contribution in [3.05, 3.63) is 0 Å². The molecule has 0 bridgehead atoms. The summed E-state index contributed by atoms with van der Waals surface area (Å²) in [6.07, 6.45) is 2.07. The minimum absolute atomic E-state index is 0.175. The van der Waals surface area contributed by atoms with Gasteiger partial charge in [-0.05, 0) is 26.7 Å². The van der Waals surface area contributed by atoms with Crippen molar-refractivity contribution in [1.29, 1.82) is 0 Å². The van der Waals surface area contributed by atoms with E-state index in [1.807, 2.05) is 14.0 Å². The fourth-order valence-corrected chi connectivity index (χ4v) is 2.38. The minimum Gasteiger partial charge on any atom is -0.463 e. The number of rotatable bonds is 7. The molecule has 0 spiro atoms. The monoisotopic (exact) mass is 295 g/mol. The fourth-order valence-electron chi connectivity index (χ4n) is 2.38. The van der Waals surface area contributed by atoms with Gasteiger partial charge in [0.1, 0.15) is 0 Å². The number of aromatic nitrogens is 3. The average molecular weight is 295 g/mol. The zero-order chi connectivity index (χ0) is 15.2. The van der Waals surface area contributed by atoms with Crippen LogP contribution in [0.5, 0.6) is 6.01 Å². The second kappa shape index (κ2) is 7.40. The molecule has 0 aromatic carbocycles. The maximum atomic E-state index is 5.62. The highest BCUT2D eigenvalue weighted by Crippen LogP contribution is 2.23. The standard InChI is InChI=1S/C14H25N5O2/c1-5-8-21-14-17-12(15-6-2)16-13(18-14)19(4)11-7-9-20-10(11)3/h10-11H,5-9H2,1-4H3,(H,15,16,17,18). The molecule has 1 aromatic rings. The molecule has 1 aliphatic heterocycles. The zero-order valence-corrected chi connectivity index (χ0v) is 13.3. The highest BCUT2D eigenvalue weighted by molar-refractivity contribution is 5.39. The Morgan fingerprint density at radius 2 is 2.14 bits per heavy atom. The largest absolute Gasteiger partial charge is 0.463 e. The molecular weight excluding hydrogens is 270 g/mol. The Labute approximate surface area is 126 Å². The van der Waals surface area contributed by atoms with Crippen molar-refractivity contribution in [2.24, 2.45) is 0 Å². The highest BCUT2D eigenvalue weighted by Gasteiger charge is 2.30. The van der Waals surface area contributed by atoms with Crippen LogP contribution in [0.3, 0.4) is 0 Å². The molecule has 1 fully saturated rings. The van der Waals surface area contributed by atoms with Crippen LogP contribution in [0.2, 0.25) is 0 Å². The summed E-state index contributed by atoms with van der Waals surface area (Å²) in [7, 11) is 1.99. The molecule has 1 saturated heterocycles. The second-order valence-electron chi connectivity index (χ2n) is 5.16. The summed E-state index contributed by atoms with van der Waals surface area (Å²) in [6, 6.07) is 0.650. The first-order valence-corrected chi connectivity index (χ1v) is 7.62. The van der Waals surface area contributed by atoms with Crippen molar-refractivity contribution in [1.82, 2.24) is 15.0 Å². The van der Waals surface area contributed by atoms with Crippen LogP contribution in [0, 0.1) is 0 Å². The van der Waals surface area contributed by atoms with E-state index >= 15 is 0 Å². The first kappa shape index (κ1) is 15.8. The third kappa shape index (κ3) is 3.93. The molecule has 2 heterocycles. The number of hydrogen-bond acceptors (Lipinski definition) is 7. The predicted octanol–water partition coefficient (Wildman–Crippen LogP) is 1.71. The van der Waals surface area contributed by atoms with Gasteiger partial charge in [0.2, 0.25) is 11.9 Å². The molecule has 2 rings (SSSR count). The predicted molar refractivity (Wildman–Crippen MR) is 82.0 cm³/mol. The van der Waals surface area contributed by atoms with Crippen LogP contribution in [-0.4, -0.2) is 53.9 Å². The van der Waals surface area contributed by atoms with Crippen molar-refractivity contribution in [3.8, 4) is 6.01 Å². The van der Waals surface area contributed by atoms with Gasteiger partial charge in [-0.3, -0.25) is 0 Å². The Morgan fingerprint density at radius 3 is 2.76 bits per heavy atom. The summed E-state index contributed by atoms with van der Waals surface area (Å²) in [5.41, 5.74) is 0.